The monoisotopic (exact) mass is 381 g/mol. The summed E-state index contributed by atoms with van der Waals surface area (Å²) in [6, 6.07) is 12.5. The lowest BCUT2D eigenvalue weighted by molar-refractivity contribution is 0.627. The minimum absolute atomic E-state index is 0.242. The summed E-state index contributed by atoms with van der Waals surface area (Å²) in [6.07, 6.45) is 0. The van der Waals surface area contributed by atoms with Crippen molar-refractivity contribution in [3.63, 3.8) is 0 Å². The number of nitrogens with zero attached hydrogens (tertiary/aromatic N) is 3. The Morgan fingerprint density at radius 2 is 1.60 bits per heavy atom. The van der Waals surface area contributed by atoms with Crippen molar-refractivity contribution in [2.24, 2.45) is 0 Å². The Kier molecular flexibility index (Phi) is 3.37. The number of rotatable bonds is 2. The van der Waals surface area contributed by atoms with E-state index in [1.54, 1.807) is 12.1 Å². The third kappa shape index (κ3) is 2.26. The number of aryl methyl sites for hydroxylation is 2. The zero-order chi connectivity index (χ0) is 14.3. The molecule has 3 aromatic rings. The van der Waals surface area contributed by atoms with Crippen LogP contribution in [0.4, 0.5) is 4.39 Å². The molecule has 0 unspecified atom stereocenters. The first-order valence-electron chi connectivity index (χ1n) is 6.23. The molecule has 0 N–H and O–H groups in total. The summed E-state index contributed by atoms with van der Waals surface area (Å²) in [5.41, 5.74) is 3.13. The molecule has 3 nitrogen and oxygen atoms in total. The van der Waals surface area contributed by atoms with E-state index in [1.165, 1.54) is 12.1 Å². The number of hydrogen-bond acceptors (Lipinski definition) is 1. The summed E-state index contributed by atoms with van der Waals surface area (Å²) in [5.74, 6) is 0.631. The van der Waals surface area contributed by atoms with Gasteiger partial charge < -0.3 is 4.57 Å². The molecule has 0 saturated heterocycles. The zero-order valence-electron chi connectivity index (χ0n) is 11.1. The van der Waals surface area contributed by atoms with E-state index in [-0.39, 0.29) is 5.82 Å². The summed E-state index contributed by atoms with van der Waals surface area (Å²) >= 11 is 2.24. The molecule has 1 aromatic carbocycles. The second-order valence-electron chi connectivity index (χ2n) is 4.66. The van der Waals surface area contributed by atoms with Gasteiger partial charge in [-0.3, -0.25) is 0 Å². The molecule has 5 heteroatoms. The molecular formula is C15H13FIN3. The van der Waals surface area contributed by atoms with Crippen molar-refractivity contribution >= 4 is 22.6 Å². The predicted molar refractivity (Wildman–Crippen MR) is 85.0 cm³/mol. The van der Waals surface area contributed by atoms with Crippen LogP contribution in [0.2, 0.25) is 0 Å². The molecule has 0 atom stereocenters. The molecule has 2 aromatic heterocycles. The number of aromatic nitrogens is 3. The van der Waals surface area contributed by atoms with Crippen molar-refractivity contribution in [3.8, 4) is 11.5 Å². The molecule has 0 radical (unpaired) electrons. The number of benzene rings is 1. The Balaban J connectivity index is 2.10. The highest BCUT2D eigenvalue weighted by molar-refractivity contribution is 14.1. The van der Waals surface area contributed by atoms with E-state index in [4.69, 9.17) is 0 Å². The Morgan fingerprint density at radius 1 is 1.00 bits per heavy atom. The van der Waals surface area contributed by atoms with Gasteiger partial charge in [0.1, 0.15) is 9.52 Å². The molecule has 0 aliphatic carbocycles. The molecule has 0 fully saturated rings. The van der Waals surface area contributed by atoms with Crippen LogP contribution in [0, 0.1) is 23.4 Å². The zero-order valence-corrected chi connectivity index (χ0v) is 13.3. The highest BCUT2D eigenvalue weighted by Gasteiger charge is 2.11. The molecule has 20 heavy (non-hydrogen) atoms. The SMILES string of the molecule is Cc1ccc(C)n1-c1cc(I)n(-c2ccc(F)cc2)n1. The maximum atomic E-state index is 13.0. The van der Waals surface area contributed by atoms with Crippen LogP contribution in [-0.2, 0) is 0 Å². The topological polar surface area (TPSA) is 22.8 Å². The molecule has 3 rings (SSSR count). The minimum atomic E-state index is -0.242. The lowest BCUT2D eigenvalue weighted by Gasteiger charge is -2.05. The van der Waals surface area contributed by atoms with E-state index in [9.17, 15) is 4.39 Å². The molecule has 0 amide bonds. The fourth-order valence-electron chi connectivity index (χ4n) is 2.25. The average molecular weight is 381 g/mol. The van der Waals surface area contributed by atoms with Gasteiger partial charge in [-0.25, -0.2) is 9.07 Å². The molecular weight excluding hydrogens is 368 g/mol. The fourth-order valence-corrected chi connectivity index (χ4v) is 2.91. The van der Waals surface area contributed by atoms with Crippen LogP contribution < -0.4 is 0 Å². The van der Waals surface area contributed by atoms with Crippen LogP contribution in [0.5, 0.6) is 0 Å². The van der Waals surface area contributed by atoms with Crippen LogP contribution >= 0.6 is 22.6 Å². The van der Waals surface area contributed by atoms with Gasteiger partial charge in [-0.2, -0.15) is 0 Å². The summed E-state index contributed by atoms with van der Waals surface area (Å²) in [7, 11) is 0. The summed E-state index contributed by atoms with van der Waals surface area (Å²) < 4.78 is 17.9. The van der Waals surface area contributed by atoms with Crippen molar-refractivity contribution in [3.05, 3.63) is 63.4 Å². The maximum Gasteiger partial charge on any atom is 0.160 e. The van der Waals surface area contributed by atoms with Gasteiger partial charge in [0.05, 0.1) is 5.69 Å². The molecule has 2 heterocycles. The van der Waals surface area contributed by atoms with Crippen molar-refractivity contribution in [1.82, 2.24) is 14.3 Å². The maximum absolute atomic E-state index is 13.0. The Morgan fingerprint density at radius 3 is 2.20 bits per heavy atom. The van der Waals surface area contributed by atoms with Gasteiger partial charge in [0.15, 0.2) is 5.82 Å². The average Bonchev–Trinajstić information content (AvgIpc) is 2.94. The smallest absolute Gasteiger partial charge is 0.160 e. The van der Waals surface area contributed by atoms with Crippen LogP contribution in [0.15, 0.2) is 42.5 Å². The van der Waals surface area contributed by atoms with E-state index in [0.717, 1.165) is 26.6 Å². The molecule has 0 bridgehead atoms. The first kappa shape index (κ1) is 13.4. The van der Waals surface area contributed by atoms with Crippen LogP contribution in [0.3, 0.4) is 0 Å². The highest BCUT2D eigenvalue weighted by atomic mass is 127. The summed E-state index contributed by atoms with van der Waals surface area (Å²) in [6.45, 7) is 4.10. The van der Waals surface area contributed by atoms with E-state index in [2.05, 4.69) is 58.2 Å². The summed E-state index contributed by atoms with van der Waals surface area (Å²) in [4.78, 5) is 0. The van der Waals surface area contributed by atoms with E-state index in [0.29, 0.717) is 0 Å². The first-order chi connectivity index (χ1) is 9.56. The first-order valence-corrected chi connectivity index (χ1v) is 7.31. The second-order valence-corrected chi connectivity index (χ2v) is 5.77. The summed E-state index contributed by atoms with van der Waals surface area (Å²) in [5, 5.41) is 4.62. The molecule has 0 spiro atoms. The molecule has 102 valence electrons. The largest absolute Gasteiger partial charge is 0.302 e. The van der Waals surface area contributed by atoms with Gasteiger partial charge in [0, 0.05) is 17.5 Å². The Hall–Kier alpha value is -1.63. The third-order valence-corrected chi connectivity index (χ3v) is 3.99. The standard InChI is InChI=1S/C15H13FIN3/c1-10-3-4-11(2)19(10)15-9-14(17)20(18-15)13-7-5-12(16)6-8-13/h3-9H,1-2H3. The van der Waals surface area contributed by atoms with Crippen molar-refractivity contribution in [1.29, 1.82) is 0 Å². The van der Waals surface area contributed by atoms with Crippen LogP contribution in [0.25, 0.3) is 11.5 Å². The quantitative estimate of drug-likeness (QED) is 0.615. The van der Waals surface area contributed by atoms with Gasteiger partial charge in [-0.1, -0.05) is 0 Å². The third-order valence-electron chi connectivity index (χ3n) is 3.22. The van der Waals surface area contributed by atoms with Crippen molar-refractivity contribution in [2.75, 3.05) is 0 Å². The van der Waals surface area contributed by atoms with Gasteiger partial charge >= 0.3 is 0 Å². The van der Waals surface area contributed by atoms with Crippen LogP contribution in [-0.4, -0.2) is 14.3 Å². The van der Waals surface area contributed by atoms with Gasteiger partial charge in [-0.05, 0) is 72.8 Å². The van der Waals surface area contributed by atoms with E-state index < -0.39 is 0 Å². The van der Waals surface area contributed by atoms with Gasteiger partial charge in [0.2, 0.25) is 0 Å². The Bertz CT molecular complexity index is 737. The Labute approximate surface area is 130 Å². The number of halogens is 2. The van der Waals surface area contributed by atoms with E-state index >= 15 is 0 Å². The van der Waals surface area contributed by atoms with E-state index in [1.807, 2.05) is 10.7 Å². The van der Waals surface area contributed by atoms with Gasteiger partial charge in [0.25, 0.3) is 0 Å². The highest BCUT2D eigenvalue weighted by Crippen LogP contribution is 2.20. The lowest BCUT2D eigenvalue weighted by atomic mass is 10.3. The fraction of sp³-hybridized carbons (Fsp3) is 0.133. The predicted octanol–water partition coefficient (Wildman–Crippen LogP) is 4.02. The molecule has 0 saturated carbocycles. The molecule has 0 aliphatic rings. The van der Waals surface area contributed by atoms with Crippen molar-refractivity contribution < 1.29 is 4.39 Å². The second kappa shape index (κ2) is 5.05. The minimum Gasteiger partial charge on any atom is -0.302 e. The van der Waals surface area contributed by atoms with Crippen molar-refractivity contribution in [2.45, 2.75) is 13.8 Å². The number of hydrogen-bond donors (Lipinski definition) is 0. The molecule has 0 aliphatic heterocycles. The van der Waals surface area contributed by atoms with Crippen LogP contribution in [0.1, 0.15) is 11.4 Å². The normalized spacial score (nSPS) is 11.0. The lowest BCUT2D eigenvalue weighted by Crippen LogP contribution is -2.02. The van der Waals surface area contributed by atoms with Gasteiger partial charge in [-0.15, -0.1) is 5.10 Å².